The molecule has 174 valence electrons. The number of alkyl halides is 3. The summed E-state index contributed by atoms with van der Waals surface area (Å²) in [5, 5.41) is 31.2. The van der Waals surface area contributed by atoms with Crippen molar-refractivity contribution in [2.75, 3.05) is 25.0 Å². The zero-order chi connectivity index (χ0) is 23.6. The molecule has 3 heterocycles. The number of thiazole rings is 1. The predicted molar refractivity (Wildman–Crippen MR) is 110 cm³/mol. The lowest BCUT2D eigenvalue weighted by Gasteiger charge is -2.16. The van der Waals surface area contributed by atoms with Crippen LogP contribution in [0.5, 0.6) is 0 Å². The summed E-state index contributed by atoms with van der Waals surface area (Å²) in [5.74, 6) is -0.855. The lowest BCUT2D eigenvalue weighted by Crippen LogP contribution is -2.44. The third-order valence-electron chi connectivity index (χ3n) is 4.71. The summed E-state index contributed by atoms with van der Waals surface area (Å²) in [6.45, 7) is -1.09. The number of anilines is 1. The number of hydrogen-bond donors (Lipinski definition) is 1. The molecule has 0 bridgehead atoms. The van der Waals surface area contributed by atoms with Crippen LogP contribution in [0.15, 0.2) is 41.9 Å². The van der Waals surface area contributed by atoms with Crippen LogP contribution in [0.1, 0.15) is 12.8 Å². The van der Waals surface area contributed by atoms with Crippen molar-refractivity contribution in [3.8, 4) is 10.4 Å². The van der Waals surface area contributed by atoms with Crippen LogP contribution in [0.3, 0.4) is 0 Å². The summed E-state index contributed by atoms with van der Waals surface area (Å²) in [7, 11) is 0. The van der Waals surface area contributed by atoms with Gasteiger partial charge in [0, 0.05) is 36.3 Å². The Morgan fingerprint density at radius 1 is 1.30 bits per heavy atom. The van der Waals surface area contributed by atoms with Gasteiger partial charge in [0.25, 0.3) is 5.52 Å². The zero-order valence-corrected chi connectivity index (χ0v) is 17.7. The van der Waals surface area contributed by atoms with Crippen molar-refractivity contribution in [2.24, 2.45) is 0 Å². The van der Waals surface area contributed by atoms with E-state index in [1.54, 1.807) is 23.8 Å². The van der Waals surface area contributed by atoms with Crippen molar-refractivity contribution in [2.45, 2.75) is 19.0 Å². The molecule has 1 aliphatic heterocycles. The van der Waals surface area contributed by atoms with E-state index in [2.05, 4.69) is 15.4 Å². The van der Waals surface area contributed by atoms with Gasteiger partial charge in [-0.1, -0.05) is 0 Å². The molecule has 0 saturated heterocycles. The number of carbonyl (C=O) groups excluding carboxylic acids is 1. The van der Waals surface area contributed by atoms with Gasteiger partial charge in [-0.2, -0.15) is 13.2 Å². The fraction of sp³-hybridized carbons (Fsp3) is 0.316. The standard InChI is InChI=1S/C19H17F3N6O4S/c20-19(21,22)10-26-6-4-13(9-26)32-17(29)3-5-24-18-25-28(31)14-2-1-12(7-15(14)27(18)30)16-8-23-11-33-16/h1-2,7-9,11H,3-6,10H2,(H,24,25). The molecule has 1 aromatic carbocycles. The Balaban J connectivity index is 1.38. The Morgan fingerprint density at radius 2 is 2.12 bits per heavy atom. The summed E-state index contributed by atoms with van der Waals surface area (Å²) >= 11 is 1.38. The van der Waals surface area contributed by atoms with E-state index in [4.69, 9.17) is 4.74 Å². The SMILES string of the molecule is O=C(CCNc1n[n+]([O-])c2ccc(-c3cncs3)cc2[n+]1[O-])OC1=CN(CC(F)(F)F)CC1. The molecule has 0 saturated carbocycles. The fourth-order valence-corrected chi connectivity index (χ4v) is 3.87. The predicted octanol–water partition coefficient (Wildman–Crippen LogP) is 2.08. The van der Waals surface area contributed by atoms with Crippen LogP contribution in [0.2, 0.25) is 0 Å². The monoisotopic (exact) mass is 482 g/mol. The van der Waals surface area contributed by atoms with Crippen LogP contribution in [0, 0.1) is 10.4 Å². The zero-order valence-electron chi connectivity index (χ0n) is 16.9. The molecule has 1 N–H and O–H groups in total. The van der Waals surface area contributed by atoms with E-state index in [-0.39, 0.29) is 48.7 Å². The third kappa shape index (κ3) is 5.39. The normalized spacial score (nSPS) is 13.9. The molecule has 0 amide bonds. The van der Waals surface area contributed by atoms with Gasteiger partial charge >= 0.3 is 18.1 Å². The van der Waals surface area contributed by atoms with Gasteiger partial charge in [0.15, 0.2) is 5.52 Å². The number of ether oxygens (including phenoxy) is 1. The highest BCUT2D eigenvalue weighted by atomic mass is 32.1. The number of esters is 1. The minimum atomic E-state index is -4.35. The number of nitrogens with zero attached hydrogens (tertiary/aromatic N) is 5. The van der Waals surface area contributed by atoms with Gasteiger partial charge in [-0.3, -0.25) is 15.1 Å². The first-order chi connectivity index (χ1) is 15.7. The van der Waals surface area contributed by atoms with Crippen LogP contribution in [-0.4, -0.2) is 46.8 Å². The molecule has 0 unspecified atom stereocenters. The van der Waals surface area contributed by atoms with Gasteiger partial charge < -0.3 is 20.1 Å². The number of halogens is 3. The largest absolute Gasteiger partial charge is 0.739 e. The smallest absolute Gasteiger partial charge is 0.460 e. The maximum Gasteiger partial charge on any atom is 0.460 e. The Hall–Kier alpha value is -3.68. The molecule has 0 fully saturated rings. The Labute approximate surface area is 188 Å². The highest BCUT2D eigenvalue weighted by Gasteiger charge is 2.32. The number of nitrogens with one attached hydrogen (secondary N) is 1. The van der Waals surface area contributed by atoms with E-state index in [0.29, 0.717) is 15.1 Å². The van der Waals surface area contributed by atoms with E-state index in [1.165, 1.54) is 17.4 Å². The molecule has 0 aliphatic carbocycles. The van der Waals surface area contributed by atoms with Crippen molar-refractivity contribution < 1.29 is 32.3 Å². The van der Waals surface area contributed by atoms with Gasteiger partial charge in [-0.05, 0) is 17.7 Å². The molecule has 10 nitrogen and oxygen atoms in total. The van der Waals surface area contributed by atoms with Gasteiger partial charge in [0.1, 0.15) is 12.3 Å². The number of fused-ring (bicyclic) bond motifs is 1. The Kier molecular flexibility index (Phi) is 6.18. The molecular formula is C19H17F3N6O4S. The summed E-state index contributed by atoms with van der Waals surface area (Å²) in [6, 6.07) is 4.71. The summed E-state index contributed by atoms with van der Waals surface area (Å²) < 4.78 is 42.8. The summed E-state index contributed by atoms with van der Waals surface area (Å²) in [6.07, 6.45) is -1.56. The van der Waals surface area contributed by atoms with Gasteiger partial charge in [0.2, 0.25) is 5.10 Å². The van der Waals surface area contributed by atoms with Crippen molar-refractivity contribution in [3.05, 3.63) is 52.3 Å². The molecule has 14 heteroatoms. The number of rotatable bonds is 7. The topological polar surface area (TPSA) is 121 Å². The van der Waals surface area contributed by atoms with E-state index >= 15 is 0 Å². The van der Waals surface area contributed by atoms with Crippen molar-refractivity contribution >= 4 is 34.3 Å². The Morgan fingerprint density at radius 3 is 2.85 bits per heavy atom. The highest BCUT2D eigenvalue weighted by Crippen LogP contribution is 2.25. The van der Waals surface area contributed by atoms with Crippen LogP contribution in [0.25, 0.3) is 21.5 Å². The number of hydrogen-bond acceptors (Lipinski definition) is 9. The highest BCUT2D eigenvalue weighted by molar-refractivity contribution is 7.13. The quantitative estimate of drug-likeness (QED) is 0.309. The van der Waals surface area contributed by atoms with E-state index in [1.807, 2.05) is 0 Å². The molecule has 0 radical (unpaired) electrons. The molecule has 4 rings (SSSR count). The van der Waals surface area contributed by atoms with Crippen LogP contribution >= 0.6 is 11.3 Å². The van der Waals surface area contributed by atoms with Crippen LogP contribution < -0.4 is 14.9 Å². The second-order valence-electron chi connectivity index (χ2n) is 7.14. The lowest BCUT2D eigenvalue weighted by molar-refractivity contribution is -0.672. The number of aromatic nitrogens is 4. The molecule has 33 heavy (non-hydrogen) atoms. The summed E-state index contributed by atoms with van der Waals surface area (Å²) in [4.78, 5) is 18.1. The number of carbonyl (C=O) groups is 1. The van der Waals surface area contributed by atoms with Gasteiger partial charge in [-0.15, -0.1) is 11.3 Å². The van der Waals surface area contributed by atoms with E-state index < -0.39 is 18.7 Å². The maximum absolute atomic E-state index is 12.7. The van der Waals surface area contributed by atoms with Crippen LogP contribution in [-0.2, 0) is 9.53 Å². The molecule has 0 atom stereocenters. The van der Waals surface area contributed by atoms with Crippen molar-refractivity contribution in [1.82, 2.24) is 15.0 Å². The first-order valence-electron chi connectivity index (χ1n) is 9.72. The average molecular weight is 482 g/mol. The molecular weight excluding hydrogens is 465 g/mol. The summed E-state index contributed by atoms with van der Waals surface area (Å²) in [5.41, 5.74) is 2.50. The molecule has 1 aliphatic rings. The maximum atomic E-state index is 12.7. The molecule has 2 aromatic heterocycles. The van der Waals surface area contributed by atoms with E-state index in [9.17, 15) is 28.4 Å². The average Bonchev–Trinajstić information content (AvgIpc) is 3.42. The minimum absolute atomic E-state index is 0.0693. The van der Waals surface area contributed by atoms with Crippen molar-refractivity contribution in [1.29, 1.82) is 0 Å². The second kappa shape index (κ2) is 9.05. The van der Waals surface area contributed by atoms with Gasteiger partial charge in [-0.25, -0.2) is 4.73 Å². The lowest BCUT2D eigenvalue weighted by atomic mass is 10.2. The molecule has 3 aromatic rings. The van der Waals surface area contributed by atoms with E-state index in [0.717, 1.165) is 16.0 Å². The first kappa shape index (κ1) is 22.5. The minimum Gasteiger partial charge on any atom is -0.739 e. The second-order valence-corrected chi connectivity index (χ2v) is 8.03. The molecule has 0 spiro atoms. The first-order valence-corrected chi connectivity index (χ1v) is 10.6. The van der Waals surface area contributed by atoms with Gasteiger partial charge in [0.05, 0.1) is 23.4 Å². The Bertz CT molecular complexity index is 1200. The third-order valence-corrected chi connectivity index (χ3v) is 5.53. The fourth-order valence-electron chi connectivity index (χ4n) is 3.25. The van der Waals surface area contributed by atoms with Crippen molar-refractivity contribution in [3.63, 3.8) is 0 Å². The number of benzene rings is 1. The van der Waals surface area contributed by atoms with Crippen LogP contribution in [0.4, 0.5) is 19.1 Å².